The third-order valence-electron chi connectivity index (χ3n) is 3.83. The zero-order valence-corrected chi connectivity index (χ0v) is 16.0. The second kappa shape index (κ2) is 7.57. The van der Waals surface area contributed by atoms with Gasteiger partial charge in [0.15, 0.2) is 0 Å². The smallest absolute Gasteiger partial charge is 0.242 e. The quantitative estimate of drug-likeness (QED) is 0.640. The number of aromatic nitrogens is 2. The average molecular weight is 392 g/mol. The highest BCUT2D eigenvalue weighted by Gasteiger charge is 2.21. The summed E-state index contributed by atoms with van der Waals surface area (Å²) in [6, 6.07) is 14.4. The summed E-state index contributed by atoms with van der Waals surface area (Å²) in [4.78, 5) is 4.26. The lowest BCUT2D eigenvalue weighted by Gasteiger charge is -2.15. The fourth-order valence-electron chi connectivity index (χ4n) is 2.45. The van der Waals surface area contributed by atoms with Crippen LogP contribution in [0.5, 0.6) is 0 Å². The third kappa shape index (κ3) is 4.49. The number of rotatable bonds is 6. The molecule has 0 atom stereocenters. The third-order valence-corrected chi connectivity index (χ3v) is 5.86. The molecule has 0 radical (unpaired) electrons. The molecule has 0 saturated heterocycles. The molecular formula is C18H18ClN3O3S. The van der Waals surface area contributed by atoms with Crippen LogP contribution in [-0.2, 0) is 22.3 Å². The normalized spacial score (nSPS) is 11.8. The molecule has 26 heavy (non-hydrogen) atoms. The van der Waals surface area contributed by atoms with E-state index in [9.17, 15) is 8.42 Å². The van der Waals surface area contributed by atoms with E-state index in [0.717, 1.165) is 16.7 Å². The standard InChI is InChI=1S/C18H18ClN3O3S/c1-13-4-3-5-14(10-13)12-26(23,24)22(2)11-17-20-18(21-25-17)15-6-8-16(19)9-7-15/h3-10H,11-12H2,1-2H3. The van der Waals surface area contributed by atoms with Crippen molar-refractivity contribution in [3.05, 3.63) is 70.6 Å². The van der Waals surface area contributed by atoms with Gasteiger partial charge in [-0.25, -0.2) is 8.42 Å². The molecule has 136 valence electrons. The maximum absolute atomic E-state index is 12.6. The van der Waals surface area contributed by atoms with Gasteiger partial charge in [0, 0.05) is 17.6 Å². The van der Waals surface area contributed by atoms with E-state index in [1.165, 1.54) is 11.4 Å². The Morgan fingerprint density at radius 2 is 1.88 bits per heavy atom. The monoisotopic (exact) mass is 391 g/mol. The Balaban J connectivity index is 1.71. The highest BCUT2D eigenvalue weighted by Crippen LogP contribution is 2.20. The lowest BCUT2D eigenvalue weighted by Crippen LogP contribution is -2.27. The van der Waals surface area contributed by atoms with Crippen molar-refractivity contribution in [1.82, 2.24) is 14.4 Å². The van der Waals surface area contributed by atoms with Crippen LogP contribution in [0.1, 0.15) is 17.0 Å². The van der Waals surface area contributed by atoms with Crippen LogP contribution in [0.4, 0.5) is 0 Å². The van der Waals surface area contributed by atoms with Crippen LogP contribution in [-0.4, -0.2) is 29.9 Å². The van der Waals surface area contributed by atoms with E-state index in [0.29, 0.717) is 10.8 Å². The van der Waals surface area contributed by atoms with E-state index in [1.54, 1.807) is 30.3 Å². The molecule has 0 bridgehead atoms. The summed E-state index contributed by atoms with van der Waals surface area (Å²) < 4.78 is 31.5. The molecule has 1 aromatic heterocycles. The van der Waals surface area contributed by atoms with Gasteiger partial charge in [0.1, 0.15) is 0 Å². The van der Waals surface area contributed by atoms with Crippen LogP contribution < -0.4 is 0 Å². The van der Waals surface area contributed by atoms with Crippen molar-refractivity contribution in [2.24, 2.45) is 0 Å². The Bertz CT molecular complexity index is 1000. The summed E-state index contributed by atoms with van der Waals surface area (Å²) in [6.07, 6.45) is 0. The first-order chi connectivity index (χ1) is 12.3. The lowest BCUT2D eigenvalue weighted by molar-refractivity contribution is 0.336. The van der Waals surface area contributed by atoms with Crippen LogP contribution >= 0.6 is 11.6 Å². The van der Waals surface area contributed by atoms with Crippen LogP contribution in [0, 0.1) is 6.92 Å². The molecule has 0 saturated carbocycles. The van der Waals surface area contributed by atoms with Crippen molar-refractivity contribution in [3.63, 3.8) is 0 Å². The Hall–Kier alpha value is -2.22. The van der Waals surface area contributed by atoms with E-state index in [1.807, 2.05) is 25.1 Å². The molecule has 0 N–H and O–H groups in total. The number of hydrogen-bond acceptors (Lipinski definition) is 5. The SMILES string of the molecule is Cc1cccc(CS(=O)(=O)N(C)Cc2nc(-c3ccc(Cl)cc3)no2)c1. The molecule has 3 aromatic rings. The van der Waals surface area contributed by atoms with Crippen LogP contribution in [0.2, 0.25) is 5.02 Å². The predicted molar refractivity (Wildman–Crippen MR) is 100 cm³/mol. The Morgan fingerprint density at radius 3 is 2.58 bits per heavy atom. The molecule has 0 fully saturated rings. The molecule has 2 aromatic carbocycles. The molecule has 6 nitrogen and oxygen atoms in total. The minimum atomic E-state index is -3.50. The zero-order valence-electron chi connectivity index (χ0n) is 14.4. The van der Waals surface area contributed by atoms with Gasteiger partial charge in [0.05, 0.1) is 12.3 Å². The molecule has 0 amide bonds. The first-order valence-corrected chi connectivity index (χ1v) is 9.90. The number of nitrogens with zero attached hydrogens (tertiary/aromatic N) is 3. The number of benzene rings is 2. The Labute approximate surface area is 157 Å². The molecule has 1 heterocycles. The molecule has 0 aliphatic rings. The molecule has 0 spiro atoms. The average Bonchev–Trinajstić information content (AvgIpc) is 3.03. The summed E-state index contributed by atoms with van der Waals surface area (Å²) in [6.45, 7) is 1.94. The summed E-state index contributed by atoms with van der Waals surface area (Å²) in [7, 11) is -2.00. The largest absolute Gasteiger partial charge is 0.338 e. The van der Waals surface area contributed by atoms with Gasteiger partial charge in [-0.2, -0.15) is 9.29 Å². The van der Waals surface area contributed by atoms with Gasteiger partial charge in [-0.15, -0.1) is 0 Å². The second-order valence-electron chi connectivity index (χ2n) is 6.02. The van der Waals surface area contributed by atoms with Gasteiger partial charge in [-0.05, 0) is 36.8 Å². The maximum Gasteiger partial charge on any atom is 0.242 e. The number of sulfonamides is 1. The predicted octanol–water partition coefficient (Wildman–Crippen LogP) is 3.66. The van der Waals surface area contributed by atoms with Gasteiger partial charge in [-0.1, -0.05) is 46.6 Å². The van der Waals surface area contributed by atoms with Gasteiger partial charge in [0.2, 0.25) is 21.7 Å². The molecule has 8 heteroatoms. The fourth-order valence-corrected chi connectivity index (χ4v) is 3.70. The zero-order chi connectivity index (χ0) is 18.7. The number of hydrogen-bond donors (Lipinski definition) is 0. The van der Waals surface area contributed by atoms with E-state index in [-0.39, 0.29) is 18.2 Å². The molecule has 0 unspecified atom stereocenters. The van der Waals surface area contributed by atoms with E-state index in [2.05, 4.69) is 10.1 Å². The topological polar surface area (TPSA) is 76.3 Å². The first-order valence-electron chi connectivity index (χ1n) is 7.91. The van der Waals surface area contributed by atoms with E-state index < -0.39 is 10.0 Å². The van der Waals surface area contributed by atoms with Crippen LogP contribution in [0.15, 0.2) is 53.1 Å². The summed E-state index contributed by atoms with van der Waals surface area (Å²) >= 11 is 5.86. The molecule has 0 aliphatic carbocycles. The van der Waals surface area contributed by atoms with Crippen molar-refractivity contribution >= 4 is 21.6 Å². The van der Waals surface area contributed by atoms with Crippen molar-refractivity contribution in [2.45, 2.75) is 19.2 Å². The second-order valence-corrected chi connectivity index (χ2v) is 8.53. The van der Waals surface area contributed by atoms with Gasteiger partial charge < -0.3 is 4.52 Å². The van der Waals surface area contributed by atoms with Crippen molar-refractivity contribution in [3.8, 4) is 11.4 Å². The minimum absolute atomic E-state index is 0.00867. The Kier molecular flexibility index (Phi) is 5.41. The van der Waals surface area contributed by atoms with E-state index >= 15 is 0 Å². The summed E-state index contributed by atoms with van der Waals surface area (Å²) in [5.74, 6) is 0.537. The summed E-state index contributed by atoms with van der Waals surface area (Å²) in [5, 5.41) is 4.51. The van der Waals surface area contributed by atoms with Gasteiger partial charge in [-0.3, -0.25) is 0 Å². The van der Waals surface area contributed by atoms with E-state index in [4.69, 9.17) is 16.1 Å². The van der Waals surface area contributed by atoms with Crippen LogP contribution in [0.3, 0.4) is 0 Å². The lowest BCUT2D eigenvalue weighted by atomic mass is 10.2. The number of aryl methyl sites for hydroxylation is 1. The highest BCUT2D eigenvalue weighted by molar-refractivity contribution is 7.88. The number of halogens is 1. The highest BCUT2D eigenvalue weighted by atomic mass is 35.5. The molecule has 3 rings (SSSR count). The maximum atomic E-state index is 12.6. The molecular weight excluding hydrogens is 374 g/mol. The van der Waals surface area contributed by atoms with Crippen molar-refractivity contribution in [2.75, 3.05) is 7.05 Å². The minimum Gasteiger partial charge on any atom is -0.338 e. The van der Waals surface area contributed by atoms with Crippen LogP contribution in [0.25, 0.3) is 11.4 Å². The first kappa shape index (κ1) is 18.6. The van der Waals surface area contributed by atoms with Crippen molar-refractivity contribution < 1.29 is 12.9 Å². The van der Waals surface area contributed by atoms with Gasteiger partial charge in [0.25, 0.3) is 0 Å². The summed E-state index contributed by atoms with van der Waals surface area (Å²) in [5.41, 5.74) is 2.50. The van der Waals surface area contributed by atoms with Crippen molar-refractivity contribution in [1.29, 1.82) is 0 Å². The van der Waals surface area contributed by atoms with Gasteiger partial charge >= 0.3 is 0 Å². The fraction of sp³-hybridized carbons (Fsp3) is 0.222. The molecule has 0 aliphatic heterocycles. The Morgan fingerprint density at radius 1 is 1.15 bits per heavy atom.